The number of rotatable bonds is 2. The SMILES string of the molecule is CC(=O)CC1OCCOC1=C1CCCCC1. The summed E-state index contributed by atoms with van der Waals surface area (Å²) >= 11 is 0. The van der Waals surface area contributed by atoms with E-state index in [-0.39, 0.29) is 11.9 Å². The number of hydrogen-bond acceptors (Lipinski definition) is 3. The molecule has 1 aliphatic carbocycles. The molecule has 90 valence electrons. The Balaban J connectivity index is 2.10. The first-order valence-electron chi connectivity index (χ1n) is 6.23. The number of ketones is 1. The highest BCUT2D eigenvalue weighted by Gasteiger charge is 2.26. The lowest BCUT2D eigenvalue weighted by Crippen LogP contribution is -2.30. The van der Waals surface area contributed by atoms with Crippen LogP contribution in [0.4, 0.5) is 0 Å². The summed E-state index contributed by atoms with van der Waals surface area (Å²) in [5.41, 5.74) is 1.39. The quantitative estimate of drug-likeness (QED) is 0.723. The van der Waals surface area contributed by atoms with Gasteiger partial charge in [0.1, 0.15) is 24.3 Å². The molecule has 1 heterocycles. The number of Topliss-reactive ketones (excluding diaryl/α,β-unsaturated/α-hetero) is 1. The molecule has 3 heteroatoms. The highest BCUT2D eigenvalue weighted by atomic mass is 16.6. The molecule has 0 aromatic heterocycles. The van der Waals surface area contributed by atoms with E-state index in [4.69, 9.17) is 9.47 Å². The Morgan fingerprint density at radius 3 is 2.69 bits per heavy atom. The van der Waals surface area contributed by atoms with Gasteiger partial charge in [-0.3, -0.25) is 4.79 Å². The molecule has 0 spiro atoms. The van der Waals surface area contributed by atoms with Gasteiger partial charge in [0.15, 0.2) is 0 Å². The molecule has 1 unspecified atom stereocenters. The first-order chi connectivity index (χ1) is 7.77. The normalized spacial score (nSPS) is 26.4. The number of hydrogen-bond donors (Lipinski definition) is 0. The van der Waals surface area contributed by atoms with Gasteiger partial charge in [0.25, 0.3) is 0 Å². The maximum Gasteiger partial charge on any atom is 0.132 e. The van der Waals surface area contributed by atoms with Crippen molar-refractivity contribution in [1.82, 2.24) is 0 Å². The van der Waals surface area contributed by atoms with Crippen LogP contribution in [0.15, 0.2) is 11.3 Å². The molecule has 1 saturated carbocycles. The van der Waals surface area contributed by atoms with Crippen LogP contribution in [-0.2, 0) is 14.3 Å². The molecule has 16 heavy (non-hydrogen) atoms. The van der Waals surface area contributed by atoms with E-state index in [0.717, 1.165) is 18.6 Å². The summed E-state index contributed by atoms with van der Waals surface area (Å²) in [6.07, 6.45) is 6.39. The maximum absolute atomic E-state index is 11.2. The Bertz CT molecular complexity index is 286. The minimum atomic E-state index is -0.112. The van der Waals surface area contributed by atoms with Gasteiger partial charge in [0.05, 0.1) is 6.61 Å². The number of ether oxygens (including phenoxy) is 2. The largest absolute Gasteiger partial charge is 0.493 e. The molecular weight excluding hydrogens is 204 g/mol. The van der Waals surface area contributed by atoms with E-state index in [1.165, 1.54) is 24.8 Å². The minimum Gasteiger partial charge on any atom is -0.493 e. The van der Waals surface area contributed by atoms with Gasteiger partial charge < -0.3 is 9.47 Å². The third-order valence-corrected chi connectivity index (χ3v) is 3.23. The van der Waals surface area contributed by atoms with Crippen LogP contribution < -0.4 is 0 Å². The van der Waals surface area contributed by atoms with Crippen LogP contribution in [0.5, 0.6) is 0 Å². The van der Waals surface area contributed by atoms with Crippen molar-refractivity contribution in [3.63, 3.8) is 0 Å². The monoisotopic (exact) mass is 224 g/mol. The molecule has 2 rings (SSSR count). The molecule has 0 aromatic rings. The molecule has 0 N–H and O–H groups in total. The summed E-state index contributed by atoms with van der Waals surface area (Å²) in [6, 6.07) is 0. The summed E-state index contributed by atoms with van der Waals surface area (Å²) in [5.74, 6) is 1.14. The third kappa shape index (κ3) is 2.85. The highest BCUT2D eigenvalue weighted by molar-refractivity contribution is 5.76. The topological polar surface area (TPSA) is 35.5 Å². The first-order valence-corrected chi connectivity index (χ1v) is 6.23. The lowest BCUT2D eigenvalue weighted by atomic mass is 9.91. The van der Waals surface area contributed by atoms with Gasteiger partial charge in [0.2, 0.25) is 0 Å². The van der Waals surface area contributed by atoms with Gasteiger partial charge in [-0.1, -0.05) is 6.42 Å². The predicted molar refractivity (Wildman–Crippen MR) is 61.1 cm³/mol. The zero-order valence-corrected chi connectivity index (χ0v) is 9.96. The van der Waals surface area contributed by atoms with E-state index < -0.39 is 0 Å². The van der Waals surface area contributed by atoms with Crippen LogP contribution in [0.25, 0.3) is 0 Å². The fourth-order valence-electron chi connectivity index (χ4n) is 2.48. The molecule has 2 fully saturated rings. The molecule has 0 amide bonds. The van der Waals surface area contributed by atoms with Gasteiger partial charge in [-0.15, -0.1) is 0 Å². The van der Waals surface area contributed by atoms with E-state index in [1.54, 1.807) is 6.92 Å². The zero-order valence-electron chi connectivity index (χ0n) is 9.96. The predicted octanol–water partition coefficient (Wildman–Crippen LogP) is 2.60. The molecule has 1 saturated heterocycles. The molecule has 1 atom stereocenters. The van der Waals surface area contributed by atoms with Crippen LogP contribution in [0.3, 0.4) is 0 Å². The van der Waals surface area contributed by atoms with Crippen molar-refractivity contribution in [2.45, 2.75) is 51.6 Å². The lowest BCUT2D eigenvalue weighted by Gasteiger charge is -2.29. The Morgan fingerprint density at radius 1 is 1.25 bits per heavy atom. The Labute approximate surface area is 96.8 Å². The molecule has 0 radical (unpaired) electrons. The van der Waals surface area contributed by atoms with Crippen molar-refractivity contribution < 1.29 is 14.3 Å². The summed E-state index contributed by atoms with van der Waals surface area (Å²) in [6.45, 7) is 2.85. The van der Waals surface area contributed by atoms with E-state index >= 15 is 0 Å². The fraction of sp³-hybridized carbons (Fsp3) is 0.769. The molecular formula is C13H20O3. The van der Waals surface area contributed by atoms with Crippen LogP contribution in [0.2, 0.25) is 0 Å². The third-order valence-electron chi connectivity index (χ3n) is 3.23. The van der Waals surface area contributed by atoms with E-state index in [1.807, 2.05) is 0 Å². The van der Waals surface area contributed by atoms with E-state index in [0.29, 0.717) is 19.6 Å². The first kappa shape index (κ1) is 11.6. The maximum atomic E-state index is 11.2. The highest BCUT2D eigenvalue weighted by Crippen LogP contribution is 2.30. The van der Waals surface area contributed by atoms with Crippen molar-refractivity contribution >= 4 is 5.78 Å². The van der Waals surface area contributed by atoms with E-state index in [9.17, 15) is 4.79 Å². The zero-order chi connectivity index (χ0) is 11.4. The molecule has 1 aliphatic heterocycles. The van der Waals surface area contributed by atoms with E-state index in [2.05, 4.69) is 0 Å². The molecule has 2 aliphatic rings. The average Bonchev–Trinajstić information content (AvgIpc) is 2.30. The summed E-state index contributed by atoms with van der Waals surface area (Å²) in [5, 5.41) is 0. The molecule has 0 aromatic carbocycles. The second kappa shape index (κ2) is 5.48. The van der Waals surface area contributed by atoms with Crippen LogP contribution >= 0.6 is 0 Å². The minimum absolute atomic E-state index is 0.112. The van der Waals surface area contributed by atoms with Crippen molar-refractivity contribution in [3.8, 4) is 0 Å². The van der Waals surface area contributed by atoms with Crippen molar-refractivity contribution in [1.29, 1.82) is 0 Å². The molecule has 3 nitrogen and oxygen atoms in total. The smallest absolute Gasteiger partial charge is 0.132 e. The summed E-state index contributed by atoms with van der Waals surface area (Å²) < 4.78 is 11.4. The van der Waals surface area contributed by atoms with Gasteiger partial charge in [-0.05, 0) is 38.2 Å². The number of carbonyl (C=O) groups is 1. The number of allylic oxidation sites excluding steroid dienone is 1. The summed E-state index contributed by atoms with van der Waals surface area (Å²) in [4.78, 5) is 11.2. The Hall–Kier alpha value is -0.830. The van der Waals surface area contributed by atoms with Crippen LogP contribution in [0, 0.1) is 0 Å². The fourth-order valence-corrected chi connectivity index (χ4v) is 2.48. The van der Waals surface area contributed by atoms with Gasteiger partial charge >= 0.3 is 0 Å². The van der Waals surface area contributed by atoms with Gasteiger partial charge in [0, 0.05) is 6.42 Å². The lowest BCUT2D eigenvalue weighted by molar-refractivity contribution is -0.122. The van der Waals surface area contributed by atoms with Gasteiger partial charge in [-0.2, -0.15) is 0 Å². The average molecular weight is 224 g/mol. The van der Waals surface area contributed by atoms with Crippen molar-refractivity contribution in [3.05, 3.63) is 11.3 Å². The number of carbonyl (C=O) groups excluding carboxylic acids is 1. The Kier molecular flexibility index (Phi) is 3.99. The van der Waals surface area contributed by atoms with Crippen molar-refractivity contribution in [2.75, 3.05) is 13.2 Å². The van der Waals surface area contributed by atoms with Crippen molar-refractivity contribution in [2.24, 2.45) is 0 Å². The Morgan fingerprint density at radius 2 is 2.00 bits per heavy atom. The molecule has 0 bridgehead atoms. The van der Waals surface area contributed by atoms with Crippen LogP contribution in [-0.4, -0.2) is 25.1 Å². The van der Waals surface area contributed by atoms with Crippen LogP contribution in [0.1, 0.15) is 45.4 Å². The van der Waals surface area contributed by atoms with Gasteiger partial charge in [-0.25, -0.2) is 0 Å². The second-order valence-electron chi connectivity index (χ2n) is 4.64. The summed E-state index contributed by atoms with van der Waals surface area (Å²) in [7, 11) is 0. The standard InChI is InChI=1S/C13H20O3/c1-10(14)9-12-13(16-8-7-15-12)11-5-3-2-4-6-11/h12H,2-9H2,1H3. The second-order valence-corrected chi connectivity index (χ2v) is 4.64.